The Morgan fingerprint density at radius 3 is 2.61 bits per heavy atom. The highest BCUT2D eigenvalue weighted by molar-refractivity contribution is 7.18. The fourth-order valence-corrected chi connectivity index (χ4v) is 4.91. The second-order valence-electron chi connectivity index (χ2n) is 7.11. The predicted molar refractivity (Wildman–Crippen MR) is 123 cm³/mol. The number of anilines is 2. The molecule has 1 aliphatic heterocycles. The van der Waals surface area contributed by atoms with Crippen molar-refractivity contribution in [3.8, 4) is 0 Å². The number of ether oxygens (including phenoxy) is 1. The fraction of sp³-hybridized carbons (Fsp3) is 0.238. The summed E-state index contributed by atoms with van der Waals surface area (Å²) in [6.07, 6.45) is 0. The lowest BCUT2D eigenvalue weighted by molar-refractivity contribution is 0.0846. The fourth-order valence-electron chi connectivity index (χ4n) is 3.09. The molecule has 4 rings (SSSR count). The number of hydrogen-bond donors (Lipinski definition) is 3. The summed E-state index contributed by atoms with van der Waals surface area (Å²) in [6, 6.07) is 6.94. The van der Waals surface area contributed by atoms with Gasteiger partial charge in [-0.1, -0.05) is 6.07 Å². The Labute approximate surface area is 196 Å². The van der Waals surface area contributed by atoms with E-state index in [9.17, 15) is 18.8 Å². The highest BCUT2D eigenvalue weighted by Crippen LogP contribution is 2.27. The summed E-state index contributed by atoms with van der Waals surface area (Å²) in [5, 5.41) is 5.43. The van der Waals surface area contributed by atoms with Gasteiger partial charge in [0.15, 0.2) is 5.13 Å². The average Bonchev–Trinajstić information content (AvgIpc) is 3.45. The van der Waals surface area contributed by atoms with Gasteiger partial charge in [0, 0.05) is 24.0 Å². The number of rotatable bonds is 5. The van der Waals surface area contributed by atoms with Crippen molar-refractivity contribution in [1.29, 1.82) is 0 Å². The van der Waals surface area contributed by atoms with Crippen molar-refractivity contribution in [2.75, 3.05) is 36.5 Å². The molecule has 1 saturated heterocycles. The van der Waals surface area contributed by atoms with Crippen LogP contribution in [0.15, 0.2) is 35.7 Å². The molecule has 0 atom stereocenters. The van der Waals surface area contributed by atoms with E-state index in [-0.39, 0.29) is 11.3 Å². The number of carbonyl (C=O) groups excluding carboxylic acids is 3. The van der Waals surface area contributed by atoms with Gasteiger partial charge in [0.05, 0.1) is 23.1 Å². The van der Waals surface area contributed by atoms with Gasteiger partial charge in [-0.2, -0.15) is 0 Å². The van der Waals surface area contributed by atoms with E-state index < -0.39 is 23.5 Å². The Kier molecular flexibility index (Phi) is 6.96. The van der Waals surface area contributed by atoms with E-state index in [0.717, 1.165) is 22.5 Å². The number of benzene rings is 1. The maximum atomic E-state index is 13.3. The lowest BCUT2D eigenvalue weighted by Gasteiger charge is -2.25. The molecule has 3 aromatic rings. The van der Waals surface area contributed by atoms with Crippen molar-refractivity contribution >= 4 is 50.5 Å². The number of aromatic nitrogens is 1. The monoisotopic (exact) mass is 489 g/mol. The molecule has 0 spiro atoms. The molecule has 12 heteroatoms. The highest BCUT2D eigenvalue weighted by Gasteiger charge is 2.20. The molecule has 9 nitrogen and oxygen atoms in total. The summed E-state index contributed by atoms with van der Waals surface area (Å²) in [7, 11) is 0. The number of thiazole rings is 1. The van der Waals surface area contributed by atoms with Crippen LogP contribution in [0.1, 0.15) is 36.1 Å². The third-order valence-corrected chi connectivity index (χ3v) is 6.80. The van der Waals surface area contributed by atoms with Gasteiger partial charge in [0.2, 0.25) is 0 Å². The van der Waals surface area contributed by atoms with Gasteiger partial charge >= 0.3 is 0 Å². The predicted octanol–water partition coefficient (Wildman–Crippen LogP) is 2.82. The van der Waals surface area contributed by atoms with Gasteiger partial charge in [-0.05, 0) is 36.8 Å². The van der Waals surface area contributed by atoms with Crippen LogP contribution < -0.4 is 21.1 Å². The Morgan fingerprint density at radius 1 is 1.09 bits per heavy atom. The molecular weight excluding hydrogens is 469 g/mol. The average molecular weight is 490 g/mol. The number of nitrogens with zero attached hydrogens (tertiary/aromatic N) is 2. The molecule has 3 heterocycles. The zero-order valence-corrected chi connectivity index (χ0v) is 19.1. The van der Waals surface area contributed by atoms with E-state index in [1.54, 1.807) is 18.4 Å². The minimum absolute atomic E-state index is 0.166. The molecule has 0 aliphatic carbocycles. The number of morpholine rings is 1. The molecule has 0 bridgehead atoms. The topological polar surface area (TPSA) is 113 Å². The molecule has 172 valence electrons. The maximum Gasteiger partial charge on any atom is 0.289 e. The van der Waals surface area contributed by atoms with E-state index in [1.165, 1.54) is 29.5 Å². The Bertz CT molecular complexity index is 1190. The number of amides is 3. The van der Waals surface area contributed by atoms with Crippen LogP contribution in [-0.2, 0) is 4.74 Å². The van der Waals surface area contributed by atoms with E-state index in [1.807, 2.05) is 4.90 Å². The molecule has 1 aromatic carbocycles. The zero-order valence-electron chi connectivity index (χ0n) is 17.5. The number of halogens is 1. The van der Waals surface area contributed by atoms with Gasteiger partial charge in [0.25, 0.3) is 17.7 Å². The van der Waals surface area contributed by atoms with E-state index in [0.29, 0.717) is 41.7 Å². The van der Waals surface area contributed by atoms with Crippen LogP contribution >= 0.6 is 22.7 Å². The van der Waals surface area contributed by atoms with Crippen LogP contribution in [0.4, 0.5) is 14.5 Å². The van der Waals surface area contributed by atoms with Crippen molar-refractivity contribution in [3.63, 3.8) is 0 Å². The highest BCUT2D eigenvalue weighted by atomic mass is 32.1. The third kappa shape index (κ3) is 5.53. The van der Waals surface area contributed by atoms with Crippen molar-refractivity contribution in [1.82, 2.24) is 15.8 Å². The van der Waals surface area contributed by atoms with Crippen molar-refractivity contribution in [2.45, 2.75) is 6.92 Å². The molecule has 33 heavy (non-hydrogen) atoms. The van der Waals surface area contributed by atoms with E-state index in [2.05, 4.69) is 21.2 Å². The van der Waals surface area contributed by atoms with Crippen molar-refractivity contribution in [2.24, 2.45) is 0 Å². The van der Waals surface area contributed by atoms with E-state index in [4.69, 9.17) is 4.74 Å². The maximum absolute atomic E-state index is 13.3. The Hall–Kier alpha value is -3.35. The van der Waals surface area contributed by atoms with Crippen molar-refractivity contribution < 1.29 is 23.5 Å². The molecule has 3 N–H and O–H groups in total. The molecule has 2 aromatic heterocycles. The molecule has 1 aliphatic rings. The summed E-state index contributed by atoms with van der Waals surface area (Å²) in [5.74, 6) is -2.07. The Morgan fingerprint density at radius 2 is 1.85 bits per heavy atom. The summed E-state index contributed by atoms with van der Waals surface area (Å²) in [4.78, 5) is 43.9. The SMILES string of the molecule is Cc1cc(NC(=O)c2cccc(F)c2)sc1C(=O)NNC(=O)c1csc(N2CCOCC2)n1. The van der Waals surface area contributed by atoms with Crippen LogP contribution in [0, 0.1) is 12.7 Å². The molecule has 0 unspecified atom stereocenters. The van der Waals surface area contributed by atoms with Gasteiger partial charge in [-0.15, -0.1) is 22.7 Å². The first-order chi connectivity index (χ1) is 15.9. The number of aryl methyl sites for hydroxylation is 1. The van der Waals surface area contributed by atoms with Gasteiger partial charge in [0.1, 0.15) is 11.5 Å². The number of hydrogen-bond acceptors (Lipinski definition) is 8. The normalized spacial score (nSPS) is 13.5. The number of nitrogens with one attached hydrogen (secondary N) is 3. The molecule has 3 amide bonds. The van der Waals surface area contributed by atoms with E-state index >= 15 is 0 Å². The first kappa shape index (κ1) is 22.8. The minimum atomic E-state index is -0.534. The summed E-state index contributed by atoms with van der Waals surface area (Å²) in [6.45, 7) is 4.35. The lowest BCUT2D eigenvalue weighted by Crippen LogP contribution is -2.41. The second-order valence-corrected chi connectivity index (χ2v) is 9.00. The van der Waals surface area contributed by atoms with Gasteiger partial charge < -0.3 is 15.0 Å². The quantitative estimate of drug-likeness (QED) is 0.475. The summed E-state index contributed by atoms with van der Waals surface area (Å²) >= 11 is 2.39. The largest absolute Gasteiger partial charge is 0.378 e. The zero-order chi connectivity index (χ0) is 23.4. The smallest absolute Gasteiger partial charge is 0.289 e. The summed E-state index contributed by atoms with van der Waals surface area (Å²) < 4.78 is 18.6. The first-order valence-corrected chi connectivity index (χ1v) is 11.7. The molecule has 1 fully saturated rings. The second kappa shape index (κ2) is 10.1. The number of carbonyl (C=O) groups is 3. The van der Waals surface area contributed by atoms with Crippen LogP contribution in [0.2, 0.25) is 0 Å². The number of thiophene rings is 1. The molecular formula is C21H20FN5O4S2. The standard InChI is InChI=1S/C21H20FN5O4S2/c1-12-9-16(24-18(28)13-3-2-4-14(22)10-13)33-17(12)20(30)26-25-19(29)15-11-32-21(23-15)27-5-7-31-8-6-27/h2-4,9-11H,5-8H2,1H3,(H,24,28)(H,25,29)(H,26,30). The van der Waals surface area contributed by atoms with Crippen LogP contribution in [-0.4, -0.2) is 49.0 Å². The van der Waals surface area contributed by atoms with Crippen LogP contribution in [0.5, 0.6) is 0 Å². The van der Waals surface area contributed by atoms with Gasteiger partial charge in [-0.3, -0.25) is 25.2 Å². The number of hydrazine groups is 1. The van der Waals surface area contributed by atoms with Gasteiger partial charge in [-0.25, -0.2) is 9.37 Å². The lowest BCUT2D eigenvalue weighted by atomic mass is 10.2. The van der Waals surface area contributed by atoms with Crippen LogP contribution in [0.25, 0.3) is 0 Å². The first-order valence-electron chi connectivity index (χ1n) is 9.97. The minimum Gasteiger partial charge on any atom is -0.378 e. The summed E-state index contributed by atoms with van der Waals surface area (Å²) in [5.41, 5.74) is 5.72. The third-order valence-electron chi connectivity index (χ3n) is 4.74. The molecule has 0 radical (unpaired) electrons. The van der Waals surface area contributed by atoms with Crippen molar-refractivity contribution in [3.05, 3.63) is 63.2 Å². The molecule has 0 saturated carbocycles. The van der Waals surface area contributed by atoms with Crippen LogP contribution in [0.3, 0.4) is 0 Å². The Balaban J connectivity index is 1.34.